The van der Waals surface area contributed by atoms with E-state index in [0.29, 0.717) is 6.04 Å². The predicted octanol–water partition coefficient (Wildman–Crippen LogP) is 2.36. The van der Waals surface area contributed by atoms with Crippen molar-refractivity contribution in [1.82, 2.24) is 10.2 Å². The highest BCUT2D eigenvalue weighted by atomic mass is 15.2. The maximum absolute atomic E-state index is 3.50. The van der Waals surface area contributed by atoms with Crippen LogP contribution in [-0.4, -0.2) is 31.1 Å². The summed E-state index contributed by atoms with van der Waals surface area (Å²) >= 11 is 0. The van der Waals surface area contributed by atoms with E-state index in [-0.39, 0.29) is 0 Å². The molecule has 1 aliphatic heterocycles. The molecule has 2 heteroatoms. The van der Waals surface area contributed by atoms with Crippen LogP contribution in [0.5, 0.6) is 0 Å². The van der Waals surface area contributed by atoms with Gasteiger partial charge in [0.2, 0.25) is 0 Å². The molecule has 1 heterocycles. The maximum atomic E-state index is 3.50. The Hall–Kier alpha value is -0.860. The van der Waals surface area contributed by atoms with Crippen LogP contribution in [0.15, 0.2) is 18.2 Å². The lowest BCUT2D eigenvalue weighted by molar-refractivity contribution is 0.196. The highest BCUT2D eigenvalue weighted by molar-refractivity contribution is 5.35. The van der Waals surface area contributed by atoms with Gasteiger partial charge in [0.15, 0.2) is 0 Å². The number of nitrogens with one attached hydrogen (secondary N) is 1. The summed E-state index contributed by atoms with van der Waals surface area (Å²) in [5.74, 6) is 0. The molecule has 1 fully saturated rings. The van der Waals surface area contributed by atoms with Gasteiger partial charge in [0.1, 0.15) is 0 Å². The number of benzene rings is 1. The normalized spacial score (nSPS) is 23.3. The molecule has 98 valence electrons. The molecule has 1 unspecified atom stereocenters. The van der Waals surface area contributed by atoms with E-state index in [1.54, 1.807) is 11.1 Å². The lowest BCUT2D eigenvalue weighted by Gasteiger charge is -2.31. The van der Waals surface area contributed by atoms with E-state index in [0.717, 1.165) is 13.1 Å². The van der Waals surface area contributed by atoms with Crippen molar-refractivity contribution in [3.05, 3.63) is 34.9 Å². The molecular formula is C16H24N2. The minimum absolute atomic E-state index is 0.715. The van der Waals surface area contributed by atoms with Crippen LogP contribution < -0.4 is 5.32 Å². The Bertz CT molecular complexity index is 408. The van der Waals surface area contributed by atoms with Gasteiger partial charge in [-0.25, -0.2) is 0 Å². The van der Waals surface area contributed by atoms with Crippen molar-refractivity contribution in [3.63, 3.8) is 0 Å². The molecule has 18 heavy (non-hydrogen) atoms. The molecule has 2 aliphatic rings. The van der Waals surface area contributed by atoms with Crippen molar-refractivity contribution in [1.29, 1.82) is 0 Å². The van der Waals surface area contributed by atoms with Crippen molar-refractivity contribution in [2.24, 2.45) is 0 Å². The molecule has 1 atom stereocenters. The molecule has 1 aromatic carbocycles. The first-order valence-corrected chi connectivity index (χ1v) is 7.34. The van der Waals surface area contributed by atoms with E-state index >= 15 is 0 Å². The number of fused-ring (bicyclic) bond motifs is 1. The lowest BCUT2D eigenvalue weighted by atomic mass is 10.0. The van der Waals surface area contributed by atoms with Crippen molar-refractivity contribution in [2.45, 2.75) is 44.7 Å². The van der Waals surface area contributed by atoms with Crippen LogP contribution in [0, 0.1) is 0 Å². The van der Waals surface area contributed by atoms with Crippen molar-refractivity contribution in [3.8, 4) is 0 Å². The number of nitrogens with zero attached hydrogens (tertiary/aromatic N) is 1. The second kappa shape index (κ2) is 5.41. The SMILES string of the molecule is CN(Cc1ccc2c(c1)CCC2)C1CCCNC1. The average molecular weight is 244 g/mol. The minimum Gasteiger partial charge on any atom is -0.315 e. The van der Waals surface area contributed by atoms with Crippen LogP contribution in [0.2, 0.25) is 0 Å². The topological polar surface area (TPSA) is 15.3 Å². The van der Waals surface area contributed by atoms with Gasteiger partial charge < -0.3 is 5.32 Å². The molecule has 1 saturated heterocycles. The van der Waals surface area contributed by atoms with Crippen LogP contribution in [0.3, 0.4) is 0 Å². The largest absolute Gasteiger partial charge is 0.315 e. The van der Waals surface area contributed by atoms with Gasteiger partial charge in [0.25, 0.3) is 0 Å². The number of aryl methyl sites for hydroxylation is 2. The Labute approximate surface area is 110 Å². The second-order valence-corrected chi connectivity index (χ2v) is 5.87. The zero-order valence-corrected chi connectivity index (χ0v) is 11.4. The van der Waals surface area contributed by atoms with Crippen LogP contribution in [0.1, 0.15) is 36.0 Å². The molecule has 1 aromatic rings. The van der Waals surface area contributed by atoms with E-state index in [9.17, 15) is 0 Å². The minimum atomic E-state index is 0.715. The molecular weight excluding hydrogens is 220 g/mol. The summed E-state index contributed by atoms with van der Waals surface area (Å²) in [6, 6.07) is 7.84. The summed E-state index contributed by atoms with van der Waals surface area (Å²) in [6.07, 6.45) is 6.59. The summed E-state index contributed by atoms with van der Waals surface area (Å²) in [7, 11) is 2.27. The molecule has 0 radical (unpaired) electrons. The van der Waals surface area contributed by atoms with Crippen molar-refractivity contribution < 1.29 is 0 Å². The van der Waals surface area contributed by atoms with Gasteiger partial charge in [-0.3, -0.25) is 4.90 Å². The fourth-order valence-electron chi connectivity index (χ4n) is 3.35. The monoisotopic (exact) mass is 244 g/mol. The summed E-state index contributed by atoms with van der Waals surface area (Å²) in [4.78, 5) is 2.52. The predicted molar refractivity (Wildman–Crippen MR) is 75.8 cm³/mol. The van der Waals surface area contributed by atoms with Gasteiger partial charge in [-0.2, -0.15) is 0 Å². The molecule has 0 amide bonds. The van der Waals surface area contributed by atoms with Crippen molar-refractivity contribution in [2.75, 3.05) is 20.1 Å². The summed E-state index contributed by atoms with van der Waals surface area (Å²) in [6.45, 7) is 3.45. The Kier molecular flexibility index (Phi) is 3.67. The number of piperidine rings is 1. The quantitative estimate of drug-likeness (QED) is 0.878. The molecule has 2 nitrogen and oxygen atoms in total. The van der Waals surface area contributed by atoms with E-state index in [2.05, 4.69) is 35.5 Å². The first-order chi connectivity index (χ1) is 8.83. The highest BCUT2D eigenvalue weighted by Gasteiger charge is 2.18. The summed E-state index contributed by atoms with van der Waals surface area (Å²) in [5, 5.41) is 3.50. The van der Waals surface area contributed by atoms with E-state index in [1.807, 2.05) is 0 Å². The van der Waals surface area contributed by atoms with Gasteiger partial charge in [-0.15, -0.1) is 0 Å². The van der Waals surface area contributed by atoms with Gasteiger partial charge in [0, 0.05) is 19.1 Å². The smallest absolute Gasteiger partial charge is 0.0234 e. The fraction of sp³-hybridized carbons (Fsp3) is 0.625. The molecule has 0 aromatic heterocycles. The standard InChI is InChI=1S/C16H24N2/c1-18(16-6-3-9-17-11-16)12-13-7-8-14-4-2-5-15(14)10-13/h7-8,10,16-17H,2-6,9,11-12H2,1H3. The third-order valence-electron chi connectivity index (χ3n) is 4.49. The van der Waals surface area contributed by atoms with Crippen LogP contribution >= 0.6 is 0 Å². The number of hydrogen-bond donors (Lipinski definition) is 1. The zero-order valence-electron chi connectivity index (χ0n) is 11.4. The van der Waals surface area contributed by atoms with Crippen LogP contribution in [-0.2, 0) is 19.4 Å². The summed E-state index contributed by atoms with van der Waals surface area (Å²) in [5.41, 5.74) is 4.67. The highest BCUT2D eigenvalue weighted by Crippen LogP contribution is 2.23. The third-order valence-corrected chi connectivity index (χ3v) is 4.49. The molecule has 3 rings (SSSR count). The molecule has 0 spiro atoms. The molecule has 0 saturated carbocycles. The molecule has 1 aliphatic carbocycles. The Morgan fingerprint density at radius 3 is 2.94 bits per heavy atom. The second-order valence-electron chi connectivity index (χ2n) is 5.87. The van der Waals surface area contributed by atoms with Crippen LogP contribution in [0.25, 0.3) is 0 Å². The van der Waals surface area contributed by atoms with E-state index < -0.39 is 0 Å². The van der Waals surface area contributed by atoms with Gasteiger partial charge in [-0.05, 0) is 62.4 Å². The van der Waals surface area contributed by atoms with Gasteiger partial charge >= 0.3 is 0 Å². The fourth-order valence-corrected chi connectivity index (χ4v) is 3.35. The average Bonchev–Trinajstić information content (AvgIpc) is 2.87. The Morgan fingerprint density at radius 2 is 2.11 bits per heavy atom. The number of rotatable bonds is 3. The number of likely N-dealkylation sites (N-methyl/N-ethyl adjacent to an activating group) is 1. The first kappa shape index (κ1) is 12.2. The van der Waals surface area contributed by atoms with E-state index in [4.69, 9.17) is 0 Å². The summed E-state index contributed by atoms with van der Waals surface area (Å²) < 4.78 is 0. The third kappa shape index (κ3) is 2.60. The molecule has 0 bridgehead atoms. The van der Waals surface area contributed by atoms with Crippen LogP contribution in [0.4, 0.5) is 0 Å². The Balaban J connectivity index is 1.64. The van der Waals surface area contributed by atoms with E-state index in [1.165, 1.54) is 44.2 Å². The Morgan fingerprint density at radius 1 is 1.22 bits per heavy atom. The van der Waals surface area contributed by atoms with Gasteiger partial charge in [-0.1, -0.05) is 18.2 Å². The lowest BCUT2D eigenvalue weighted by Crippen LogP contribution is -2.43. The molecule has 1 N–H and O–H groups in total. The van der Waals surface area contributed by atoms with Gasteiger partial charge in [0.05, 0.1) is 0 Å². The first-order valence-electron chi connectivity index (χ1n) is 7.34. The zero-order chi connectivity index (χ0) is 12.4. The maximum Gasteiger partial charge on any atom is 0.0234 e. The number of hydrogen-bond acceptors (Lipinski definition) is 2. The van der Waals surface area contributed by atoms with Crippen molar-refractivity contribution >= 4 is 0 Å².